The maximum absolute atomic E-state index is 13.2. The summed E-state index contributed by atoms with van der Waals surface area (Å²) in [6.45, 7) is 2.99. The van der Waals surface area contributed by atoms with E-state index in [4.69, 9.17) is 24.7 Å². The van der Waals surface area contributed by atoms with Crippen LogP contribution in [0.2, 0.25) is 0 Å². The first-order chi connectivity index (χ1) is 23.6. The number of amides is 1. The molecule has 5 heterocycles. The number of aliphatic hydroxyl groups is 3. The van der Waals surface area contributed by atoms with Crippen LogP contribution in [-0.2, 0) is 38.7 Å². The number of aldehydes is 1. The molecule has 0 spiro atoms. The van der Waals surface area contributed by atoms with Gasteiger partial charge in [0.05, 0.1) is 49.3 Å². The van der Waals surface area contributed by atoms with E-state index in [1.54, 1.807) is 36.9 Å². The van der Waals surface area contributed by atoms with Gasteiger partial charge in [-0.1, -0.05) is 6.08 Å². The molecule has 0 saturated carbocycles. The number of aliphatic hydroxyl groups excluding tert-OH is 2. The Kier molecular flexibility index (Phi) is 9.65. The number of rotatable bonds is 12. The van der Waals surface area contributed by atoms with E-state index in [0.717, 1.165) is 0 Å². The van der Waals surface area contributed by atoms with Crippen molar-refractivity contribution in [3.63, 3.8) is 0 Å². The first-order valence-corrected chi connectivity index (χ1v) is 16.0. The number of benzene rings is 1. The number of nitrogens with two attached hydrogens (primary N) is 1. The number of fused-ring (bicyclic) bond motifs is 3. The SMILES string of the molecule is CCOC(=O)C1=C(C=O)C(=CCn2ccnc2N2CNC3C(=O)NC(N)NC32)c2c(OC)c3c(c(CO)c2O1)OC(C(C)(O)CCCO)C3. The quantitative estimate of drug-likeness (QED) is 0.102. The number of esters is 1. The number of anilines is 1. The smallest absolute Gasteiger partial charge is 0.375 e. The first-order valence-electron chi connectivity index (χ1n) is 16.0. The Hall–Kier alpha value is -4.52. The number of allylic oxidation sites excluding steroid dienone is 3. The van der Waals surface area contributed by atoms with Crippen molar-refractivity contribution in [1.29, 1.82) is 0 Å². The molecule has 0 aliphatic carbocycles. The number of carbonyl (C=O) groups excluding carboxylic acids is 3. The Bertz CT molecular complexity index is 1700. The summed E-state index contributed by atoms with van der Waals surface area (Å²) in [6.07, 6.45) is 4.32. The Morgan fingerprint density at radius 3 is 2.80 bits per heavy atom. The molecule has 4 aliphatic heterocycles. The second-order valence-electron chi connectivity index (χ2n) is 12.3. The van der Waals surface area contributed by atoms with Crippen LogP contribution < -0.4 is 40.8 Å². The van der Waals surface area contributed by atoms with Crippen LogP contribution in [-0.4, -0.2) is 100 Å². The van der Waals surface area contributed by atoms with Crippen LogP contribution in [0.25, 0.3) is 5.57 Å². The van der Waals surface area contributed by atoms with Gasteiger partial charge in [0, 0.05) is 43.1 Å². The van der Waals surface area contributed by atoms with Gasteiger partial charge in [0.15, 0.2) is 6.29 Å². The zero-order valence-electron chi connectivity index (χ0n) is 27.4. The second kappa shape index (κ2) is 13.8. The predicted octanol–water partition coefficient (Wildman–Crippen LogP) is -1.27. The van der Waals surface area contributed by atoms with Crippen LogP contribution in [0.5, 0.6) is 17.2 Å². The van der Waals surface area contributed by atoms with Crippen LogP contribution in [0.1, 0.15) is 43.4 Å². The summed E-state index contributed by atoms with van der Waals surface area (Å²) in [5.74, 6) is -0.451. The summed E-state index contributed by atoms with van der Waals surface area (Å²) in [6, 6.07) is -0.568. The predicted molar refractivity (Wildman–Crippen MR) is 172 cm³/mol. The van der Waals surface area contributed by atoms with Crippen molar-refractivity contribution in [3.8, 4) is 17.2 Å². The van der Waals surface area contributed by atoms with Crippen LogP contribution in [0.4, 0.5) is 5.95 Å². The van der Waals surface area contributed by atoms with Crippen LogP contribution in [0.15, 0.2) is 29.8 Å². The summed E-state index contributed by atoms with van der Waals surface area (Å²) >= 11 is 0. The standard InChI is InChI=1S/C32H41N7O10/c1-4-47-29(44)26-18(13-41)16(6-9-38-10-8-34-31(38)39-15-35-22-27(39)36-30(33)37-28(22)43)21-24(46-3)17-12-20(32(2,45)7-5-11-40)48-23(17)19(14-42)25(21)49-26/h6,8,10,13,20,22,27,30,35-36,40,42,45H,4-5,7,9,11-12,14-15,33H2,1-3H3,(H,37,43). The van der Waals surface area contributed by atoms with Gasteiger partial charge in [0.1, 0.15) is 41.8 Å². The molecule has 1 aromatic heterocycles. The number of aromatic nitrogens is 2. The summed E-state index contributed by atoms with van der Waals surface area (Å²) in [5, 5.41) is 40.3. The van der Waals surface area contributed by atoms with Crippen molar-refractivity contribution in [2.24, 2.45) is 5.73 Å². The molecule has 5 unspecified atom stereocenters. The van der Waals surface area contributed by atoms with Gasteiger partial charge in [-0.25, -0.2) is 9.78 Å². The zero-order valence-corrected chi connectivity index (χ0v) is 27.4. The molecule has 8 N–H and O–H groups in total. The highest BCUT2D eigenvalue weighted by atomic mass is 16.6. The van der Waals surface area contributed by atoms with Crippen LogP contribution >= 0.6 is 0 Å². The number of nitrogens with one attached hydrogen (secondary N) is 3. The first kappa shape index (κ1) is 34.3. The fourth-order valence-electron chi connectivity index (χ4n) is 6.82. The molecule has 49 heavy (non-hydrogen) atoms. The molecular formula is C32H41N7O10. The maximum Gasteiger partial charge on any atom is 0.375 e. The molecule has 1 aromatic carbocycles. The third kappa shape index (κ3) is 6.02. The molecule has 2 aromatic rings. The number of ether oxygens (including phenoxy) is 4. The largest absolute Gasteiger partial charge is 0.496 e. The molecular weight excluding hydrogens is 642 g/mol. The van der Waals surface area contributed by atoms with E-state index in [-0.39, 0.29) is 78.2 Å². The van der Waals surface area contributed by atoms with Gasteiger partial charge >= 0.3 is 5.97 Å². The normalized spacial score (nSPS) is 24.8. The molecule has 17 heteroatoms. The Labute approximate surface area is 281 Å². The van der Waals surface area contributed by atoms with E-state index >= 15 is 0 Å². The second-order valence-corrected chi connectivity index (χ2v) is 12.3. The van der Waals surface area contributed by atoms with Gasteiger partial charge in [-0.3, -0.25) is 26.0 Å². The molecule has 264 valence electrons. The lowest BCUT2D eigenvalue weighted by Crippen LogP contribution is -2.70. The highest BCUT2D eigenvalue weighted by molar-refractivity contribution is 6.10. The number of methoxy groups -OCH3 is 1. The van der Waals surface area contributed by atoms with E-state index in [1.165, 1.54) is 7.11 Å². The molecule has 2 fully saturated rings. The summed E-state index contributed by atoms with van der Waals surface area (Å²) < 4.78 is 25.3. The van der Waals surface area contributed by atoms with Crippen molar-refractivity contribution in [3.05, 3.63) is 46.5 Å². The van der Waals surface area contributed by atoms with Crippen LogP contribution in [0.3, 0.4) is 0 Å². The van der Waals surface area contributed by atoms with Crippen molar-refractivity contribution < 1.29 is 48.7 Å². The Balaban J connectivity index is 1.46. The minimum Gasteiger partial charge on any atom is -0.496 e. The van der Waals surface area contributed by atoms with Gasteiger partial charge in [0.25, 0.3) is 0 Å². The lowest BCUT2D eigenvalue weighted by Gasteiger charge is -2.35. The Morgan fingerprint density at radius 1 is 1.31 bits per heavy atom. The van der Waals surface area contributed by atoms with Gasteiger partial charge < -0.3 is 49.1 Å². The van der Waals surface area contributed by atoms with Crippen molar-refractivity contribution >= 4 is 29.7 Å². The van der Waals surface area contributed by atoms with Gasteiger partial charge in [-0.2, -0.15) is 0 Å². The average molecular weight is 684 g/mol. The number of hydrogen-bond acceptors (Lipinski definition) is 15. The van der Waals surface area contributed by atoms with Crippen molar-refractivity contribution in [1.82, 2.24) is 25.5 Å². The third-order valence-electron chi connectivity index (χ3n) is 9.19. The zero-order chi connectivity index (χ0) is 35.0. The Morgan fingerprint density at radius 2 is 2.10 bits per heavy atom. The molecule has 1 amide bonds. The molecule has 5 atom stereocenters. The number of nitrogens with zero attached hydrogens (tertiary/aromatic N) is 3. The minimum atomic E-state index is -1.35. The summed E-state index contributed by atoms with van der Waals surface area (Å²) in [7, 11) is 1.44. The minimum absolute atomic E-state index is 0.0119. The van der Waals surface area contributed by atoms with E-state index < -0.39 is 42.8 Å². The van der Waals surface area contributed by atoms with Gasteiger partial charge in [-0.05, 0) is 26.7 Å². The highest BCUT2D eigenvalue weighted by Crippen LogP contribution is 2.54. The van der Waals surface area contributed by atoms with Crippen molar-refractivity contribution in [2.45, 2.75) is 76.5 Å². The summed E-state index contributed by atoms with van der Waals surface area (Å²) in [4.78, 5) is 44.9. The molecule has 0 radical (unpaired) electrons. The monoisotopic (exact) mass is 683 g/mol. The van der Waals surface area contributed by atoms with Crippen LogP contribution in [0, 0.1) is 0 Å². The van der Waals surface area contributed by atoms with Gasteiger partial charge in [0.2, 0.25) is 17.6 Å². The highest BCUT2D eigenvalue weighted by Gasteiger charge is 2.46. The number of carbonyl (C=O) groups is 3. The van der Waals surface area contributed by atoms with Crippen molar-refractivity contribution in [2.75, 3.05) is 31.9 Å². The molecule has 2 saturated heterocycles. The fourth-order valence-corrected chi connectivity index (χ4v) is 6.82. The third-order valence-corrected chi connectivity index (χ3v) is 9.19. The van der Waals surface area contributed by atoms with E-state index in [0.29, 0.717) is 36.5 Å². The maximum atomic E-state index is 13.2. The molecule has 6 rings (SSSR count). The molecule has 4 aliphatic rings. The number of hydrogen-bond donors (Lipinski definition) is 7. The summed E-state index contributed by atoms with van der Waals surface area (Å²) in [5.41, 5.74) is 5.85. The average Bonchev–Trinajstić information content (AvgIpc) is 3.83. The molecule has 0 bridgehead atoms. The lowest BCUT2D eigenvalue weighted by molar-refractivity contribution is -0.141. The van der Waals surface area contributed by atoms with E-state index in [9.17, 15) is 29.7 Å². The topological polar surface area (TPSA) is 232 Å². The van der Waals surface area contributed by atoms with E-state index in [2.05, 4.69) is 20.9 Å². The fraction of sp³-hybridized carbons (Fsp3) is 0.500. The van der Waals surface area contributed by atoms with E-state index in [1.807, 2.05) is 4.90 Å². The lowest BCUT2D eigenvalue weighted by atomic mass is 9.86. The van der Waals surface area contributed by atoms with Gasteiger partial charge in [-0.15, -0.1) is 0 Å². The molecule has 17 nitrogen and oxygen atoms in total. The number of imidazole rings is 1.